The van der Waals surface area contributed by atoms with Crippen molar-refractivity contribution in [3.63, 3.8) is 0 Å². The monoisotopic (exact) mass is 1300 g/mol. The molecule has 458 valence electrons. The Morgan fingerprint density at radius 3 is 1.98 bits per heavy atom. The van der Waals surface area contributed by atoms with Crippen LogP contribution in [0, 0.1) is 0 Å². The number of halogens is 1. The molecule has 0 aromatic heterocycles. The fourth-order valence-electron chi connectivity index (χ4n) is 13.8. The van der Waals surface area contributed by atoms with E-state index in [-0.39, 0.29) is 60.2 Å². The lowest BCUT2D eigenvalue weighted by atomic mass is 9.81. The summed E-state index contributed by atoms with van der Waals surface area (Å²) in [7, 11) is 0. The summed E-state index contributed by atoms with van der Waals surface area (Å²) in [5, 5.41) is 29.5. The summed E-state index contributed by atoms with van der Waals surface area (Å²) in [6.07, 6.45) is 17.3. The number of benzene rings is 7. The van der Waals surface area contributed by atoms with Crippen LogP contribution >= 0.6 is 0 Å². The third-order valence-corrected chi connectivity index (χ3v) is 18.5. The van der Waals surface area contributed by atoms with Gasteiger partial charge in [0.2, 0.25) is 11.6 Å². The molecule has 5 aliphatic rings. The number of nitrogens with one attached hydrogen (secondary N) is 2. The number of rotatable bonds is 19. The van der Waals surface area contributed by atoms with Crippen molar-refractivity contribution in [2.75, 3.05) is 61.4 Å². The summed E-state index contributed by atoms with van der Waals surface area (Å²) < 4.78 is 8.52. The quantitative estimate of drug-likeness (QED) is 0.0357. The van der Waals surface area contributed by atoms with E-state index in [2.05, 4.69) is 150 Å². The molecule has 13 nitrogen and oxygen atoms in total. The van der Waals surface area contributed by atoms with Gasteiger partial charge in [0.1, 0.15) is 18.8 Å². The number of hydrogen-bond acceptors (Lipinski definition) is 11. The highest BCUT2D eigenvalue weighted by atomic mass is 127. The minimum atomic E-state index is -0.817. The molecule has 0 radical (unpaired) electrons. The molecule has 4 heterocycles. The Bertz CT molecular complexity index is 4020. The van der Waals surface area contributed by atoms with Gasteiger partial charge in [-0.25, -0.2) is 0 Å². The van der Waals surface area contributed by atoms with Crippen LogP contribution in [0.25, 0.3) is 21.5 Å². The standard InChI is InChI=1S/C75H83N10O3.HI/c1-8-10-45-84-65-33-19-17-30-58(65)73(3,4)67(84)41-35-52-23-21-24-53(36-42-68-74(5,6)59-31-18-20-34-66(59)85(68)46-11-9-2)72(52)83-49-47-82(48-50-83)69(86)43-44-70(87)88-51-75(7)76-63-32-22-29-57-62(39-40-64(77-75)71(57)63)81-80-61-38-37-60(55-27-15-16-28-56(55)61)79-78-54-25-13-12-14-26-54;/h12-20,22,25-42,76-77H,8-11,21,23-24,43-51H2,1-7H3;1H/q+1;/p-1/b79-78+,81-80+;. The summed E-state index contributed by atoms with van der Waals surface area (Å²) in [6.45, 7) is 20.6. The van der Waals surface area contributed by atoms with E-state index >= 15 is 0 Å². The van der Waals surface area contributed by atoms with E-state index in [0.29, 0.717) is 31.9 Å². The number of nitrogens with zero attached hydrogens (tertiary/aromatic N) is 8. The third kappa shape index (κ3) is 12.8. The molecule has 7 aromatic carbocycles. The summed E-state index contributed by atoms with van der Waals surface area (Å²) in [5.41, 5.74) is 15.7. The zero-order valence-corrected chi connectivity index (χ0v) is 54.8. The summed E-state index contributed by atoms with van der Waals surface area (Å²) in [6, 6.07) is 49.4. The maximum atomic E-state index is 14.0. The molecule has 12 rings (SSSR count). The summed E-state index contributed by atoms with van der Waals surface area (Å²) >= 11 is 0. The second kappa shape index (κ2) is 26.8. The summed E-state index contributed by atoms with van der Waals surface area (Å²) in [5.74, 6) is -0.439. The molecular weight excluding hydrogens is 1220 g/mol. The van der Waals surface area contributed by atoms with Gasteiger partial charge in [0.05, 0.1) is 34.6 Å². The highest BCUT2D eigenvalue weighted by Crippen LogP contribution is 2.49. The number of esters is 1. The molecule has 1 atom stereocenters. The Kier molecular flexibility index (Phi) is 18.8. The van der Waals surface area contributed by atoms with E-state index in [0.717, 1.165) is 108 Å². The number of amides is 1. The molecule has 89 heavy (non-hydrogen) atoms. The first-order chi connectivity index (χ1) is 42.7. The Morgan fingerprint density at radius 2 is 1.25 bits per heavy atom. The average molecular weight is 1300 g/mol. The van der Waals surface area contributed by atoms with E-state index in [1.165, 1.54) is 50.8 Å². The molecule has 1 saturated heterocycles. The van der Waals surface area contributed by atoms with Crippen molar-refractivity contribution in [1.29, 1.82) is 0 Å². The van der Waals surface area contributed by atoms with Crippen LogP contribution in [0.4, 0.5) is 45.5 Å². The molecule has 1 unspecified atom stereocenters. The molecule has 0 bridgehead atoms. The number of allylic oxidation sites excluding steroid dienone is 7. The van der Waals surface area contributed by atoms with E-state index in [1.807, 2.05) is 109 Å². The van der Waals surface area contributed by atoms with Gasteiger partial charge in [-0.3, -0.25) is 9.59 Å². The normalized spacial score (nSPS) is 19.4. The van der Waals surface area contributed by atoms with Crippen LogP contribution in [-0.2, 0) is 25.2 Å². The molecule has 4 aliphatic heterocycles. The lowest BCUT2D eigenvalue weighted by Gasteiger charge is -2.40. The minimum absolute atomic E-state index is 0. The van der Waals surface area contributed by atoms with Crippen LogP contribution < -0.4 is 39.5 Å². The number of ether oxygens (including phenoxy) is 1. The number of carbonyl (C=O) groups excluding carboxylic acids is 2. The maximum Gasteiger partial charge on any atom is 0.306 e. The highest BCUT2D eigenvalue weighted by molar-refractivity contribution is 6.10. The molecular formula is C75H83IN10O3. The molecule has 7 aromatic rings. The van der Waals surface area contributed by atoms with Gasteiger partial charge in [0, 0.05) is 119 Å². The molecule has 1 amide bonds. The number of fused-ring (bicyclic) bond motifs is 3. The molecule has 0 spiro atoms. The lowest BCUT2D eigenvalue weighted by Crippen LogP contribution is -3.00. The van der Waals surface area contributed by atoms with Gasteiger partial charge in [-0.15, -0.1) is 15.3 Å². The lowest BCUT2D eigenvalue weighted by molar-refractivity contribution is -0.438. The first kappa shape index (κ1) is 62.4. The predicted molar refractivity (Wildman–Crippen MR) is 359 cm³/mol. The molecule has 1 aliphatic carbocycles. The number of para-hydroxylation sites is 2. The van der Waals surface area contributed by atoms with Crippen LogP contribution in [0.2, 0.25) is 0 Å². The van der Waals surface area contributed by atoms with Gasteiger partial charge < -0.3 is 54.0 Å². The van der Waals surface area contributed by atoms with Crippen molar-refractivity contribution >= 4 is 84.6 Å². The second-order valence-corrected chi connectivity index (χ2v) is 25.3. The number of carbonyl (C=O) groups is 2. The van der Waals surface area contributed by atoms with Crippen molar-refractivity contribution < 1.29 is 42.9 Å². The fourth-order valence-corrected chi connectivity index (χ4v) is 13.8. The van der Waals surface area contributed by atoms with E-state index < -0.39 is 11.6 Å². The van der Waals surface area contributed by atoms with Crippen LogP contribution in [0.5, 0.6) is 0 Å². The van der Waals surface area contributed by atoms with Crippen LogP contribution in [-0.4, -0.2) is 83.5 Å². The predicted octanol–water partition coefficient (Wildman–Crippen LogP) is 15.1. The largest absolute Gasteiger partial charge is 1.00 e. The van der Waals surface area contributed by atoms with Gasteiger partial charge in [-0.1, -0.05) is 144 Å². The topological polar surface area (TPSA) is 130 Å². The van der Waals surface area contributed by atoms with Crippen molar-refractivity contribution in [2.45, 2.75) is 123 Å². The molecule has 14 heteroatoms. The third-order valence-electron chi connectivity index (χ3n) is 18.5. The number of unbranched alkanes of at least 4 members (excludes halogenated alkanes) is 2. The van der Waals surface area contributed by atoms with Crippen molar-refractivity contribution in [3.8, 4) is 0 Å². The minimum Gasteiger partial charge on any atom is -1.00 e. The maximum absolute atomic E-state index is 14.0. The van der Waals surface area contributed by atoms with E-state index in [9.17, 15) is 9.59 Å². The van der Waals surface area contributed by atoms with E-state index in [1.54, 1.807) is 0 Å². The van der Waals surface area contributed by atoms with E-state index in [4.69, 9.17) is 15.0 Å². The zero-order valence-electron chi connectivity index (χ0n) is 52.7. The van der Waals surface area contributed by atoms with Gasteiger partial charge in [0.15, 0.2) is 5.71 Å². The number of anilines is 3. The first-order valence-corrected chi connectivity index (χ1v) is 31.9. The zero-order chi connectivity index (χ0) is 61.0. The number of azo groups is 2. The Labute approximate surface area is 542 Å². The molecule has 2 N–H and O–H groups in total. The van der Waals surface area contributed by atoms with Gasteiger partial charge >= 0.3 is 5.97 Å². The summed E-state index contributed by atoms with van der Waals surface area (Å²) in [4.78, 5) is 34.6. The number of hydrogen-bond donors (Lipinski definition) is 2. The Morgan fingerprint density at radius 1 is 0.618 bits per heavy atom. The van der Waals surface area contributed by atoms with Crippen LogP contribution in [0.15, 0.2) is 213 Å². The SMILES string of the molecule is CCCCN1/C(=C/C=C2\CCCC(/C=C/C3=[N+](CCCC)c4ccccc4C3(C)C)=C2N2CCN(C(=O)CCC(=O)OCC3(C)Nc4cccc5c(/N=N/c6ccc(/N=N/c7ccccc7)c7ccccc67)ccc(c45)N3)CC2)C(C)(C)c2ccccc21.[I-]. The second-order valence-electron chi connectivity index (χ2n) is 25.3. The fraction of sp³-hybridized carbons (Fsp3) is 0.347. The molecule has 0 saturated carbocycles. The van der Waals surface area contributed by atoms with Crippen molar-refractivity contribution in [1.82, 2.24) is 9.80 Å². The first-order valence-electron chi connectivity index (χ1n) is 31.9. The average Bonchev–Trinajstić information content (AvgIpc) is 1.95. The molecule has 1 fully saturated rings. The van der Waals surface area contributed by atoms with Crippen LogP contribution in [0.1, 0.15) is 117 Å². The van der Waals surface area contributed by atoms with Gasteiger partial charge in [-0.05, 0) is 118 Å². The van der Waals surface area contributed by atoms with Crippen molar-refractivity contribution in [2.24, 2.45) is 20.5 Å². The van der Waals surface area contributed by atoms with Gasteiger partial charge in [0.25, 0.3) is 0 Å². The smallest absolute Gasteiger partial charge is 0.306 e. The highest BCUT2D eigenvalue weighted by Gasteiger charge is 2.44. The van der Waals surface area contributed by atoms with Gasteiger partial charge in [-0.2, -0.15) is 9.69 Å². The Hall–Kier alpha value is -8.24. The number of piperazine rings is 1. The Balaban J connectivity index is 0.00000817. The van der Waals surface area contributed by atoms with Crippen LogP contribution in [0.3, 0.4) is 0 Å². The van der Waals surface area contributed by atoms with Crippen molar-refractivity contribution in [3.05, 3.63) is 204 Å².